The van der Waals surface area contributed by atoms with Crippen molar-refractivity contribution in [3.63, 3.8) is 0 Å². The Morgan fingerprint density at radius 3 is 2.58 bits per heavy atom. The van der Waals surface area contributed by atoms with Crippen molar-refractivity contribution in [2.75, 3.05) is 0 Å². The lowest BCUT2D eigenvalue weighted by atomic mass is 9.75. The first-order chi connectivity index (χ1) is 11.6. The summed E-state index contributed by atoms with van der Waals surface area (Å²) in [7, 11) is 0. The van der Waals surface area contributed by atoms with Crippen LogP contribution < -0.4 is 4.74 Å². The Hall–Kier alpha value is -2.03. The molecule has 0 unspecified atom stereocenters. The molecule has 1 aliphatic heterocycles. The summed E-state index contributed by atoms with van der Waals surface area (Å²) in [4.78, 5) is 0. The number of ether oxygens (including phenoxy) is 1. The molecule has 0 saturated carbocycles. The van der Waals surface area contributed by atoms with Gasteiger partial charge in [0.05, 0.1) is 0 Å². The van der Waals surface area contributed by atoms with Crippen LogP contribution in [-0.4, -0.2) is 0 Å². The zero-order valence-electron chi connectivity index (χ0n) is 13.4. The molecule has 1 aliphatic rings. The third-order valence-electron chi connectivity index (χ3n) is 5.00. The van der Waals surface area contributed by atoms with Crippen molar-refractivity contribution in [3.05, 3.63) is 70.7 Å². The van der Waals surface area contributed by atoms with Crippen LogP contribution in [0.15, 0.2) is 54.6 Å². The van der Waals surface area contributed by atoms with E-state index in [2.05, 4.69) is 56.3 Å². The molecule has 118 valence electrons. The largest absolute Gasteiger partial charge is 0.456 e. The molecule has 0 atom stereocenters. The Balaban J connectivity index is 1.91. The van der Waals surface area contributed by atoms with Crippen LogP contribution in [0.1, 0.15) is 25.0 Å². The Morgan fingerprint density at radius 1 is 0.917 bits per heavy atom. The van der Waals surface area contributed by atoms with Crippen molar-refractivity contribution in [2.24, 2.45) is 0 Å². The van der Waals surface area contributed by atoms with E-state index in [0.717, 1.165) is 11.5 Å². The molecule has 0 aliphatic carbocycles. The normalized spacial score (nSPS) is 15.1. The highest BCUT2D eigenvalue weighted by Gasteiger charge is 2.35. The molecule has 3 aromatic carbocycles. The minimum Gasteiger partial charge on any atom is -0.456 e. The molecule has 0 bridgehead atoms. The van der Waals surface area contributed by atoms with Gasteiger partial charge in [-0.2, -0.15) is 0 Å². The smallest absolute Gasteiger partial charge is 0.140 e. The number of hydrogen-bond acceptors (Lipinski definition) is 2. The van der Waals surface area contributed by atoms with Gasteiger partial charge in [-0.25, -0.2) is 0 Å². The molecule has 3 heteroatoms. The fraction of sp³-hybridized carbons (Fsp3) is 0.143. The van der Waals surface area contributed by atoms with Gasteiger partial charge in [-0.1, -0.05) is 55.8 Å². The maximum Gasteiger partial charge on any atom is 0.140 e. The lowest BCUT2D eigenvalue weighted by Crippen LogP contribution is -2.24. The quantitative estimate of drug-likeness (QED) is 0.327. The predicted molar refractivity (Wildman–Crippen MR) is 103 cm³/mol. The summed E-state index contributed by atoms with van der Waals surface area (Å²) in [5, 5.41) is 3.18. The highest BCUT2D eigenvalue weighted by atomic mass is 35.5. The number of rotatable bonds is 0. The second-order valence-electron chi connectivity index (χ2n) is 6.78. The van der Waals surface area contributed by atoms with E-state index in [1.54, 1.807) is 0 Å². The molecular formula is C21H15ClOS. The van der Waals surface area contributed by atoms with Gasteiger partial charge in [-0.3, -0.25) is 0 Å². The summed E-state index contributed by atoms with van der Waals surface area (Å²) < 4.78 is 8.95. The Bertz CT molecular complexity index is 1120. The minimum atomic E-state index is -0.120. The van der Waals surface area contributed by atoms with E-state index in [0.29, 0.717) is 5.02 Å². The maximum absolute atomic E-state index is 6.40. The first kappa shape index (κ1) is 14.3. The minimum absolute atomic E-state index is 0.120. The molecule has 0 N–H and O–H groups in total. The Kier molecular flexibility index (Phi) is 2.83. The number of benzene rings is 3. The van der Waals surface area contributed by atoms with Crippen LogP contribution in [0.5, 0.6) is 11.5 Å². The third kappa shape index (κ3) is 1.81. The van der Waals surface area contributed by atoms with Crippen LogP contribution in [0, 0.1) is 0 Å². The second kappa shape index (κ2) is 4.75. The maximum atomic E-state index is 6.40. The summed E-state index contributed by atoms with van der Waals surface area (Å²) in [6, 6.07) is 18.9. The molecule has 0 spiro atoms. The lowest BCUT2D eigenvalue weighted by molar-refractivity contribution is 0.423. The number of fused-ring (bicyclic) bond motifs is 6. The Labute approximate surface area is 149 Å². The molecule has 0 fully saturated rings. The van der Waals surface area contributed by atoms with Gasteiger partial charge in [0.15, 0.2) is 0 Å². The van der Waals surface area contributed by atoms with E-state index in [1.807, 2.05) is 23.5 Å². The molecule has 4 aromatic rings. The molecular weight excluding hydrogens is 336 g/mol. The third-order valence-corrected chi connectivity index (χ3v) is 6.37. The fourth-order valence-corrected chi connectivity index (χ4v) is 5.00. The van der Waals surface area contributed by atoms with Crippen LogP contribution in [0.4, 0.5) is 0 Å². The van der Waals surface area contributed by atoms with Crippen LogP contribution >= 0.6 is 22.9 Å². The summed E-state index contributed by atoms with van der Waals surface area (Å²) in [6.45, 7) is 4.50. The van der Waals surface area contributed by atoms with E-state index in [-0.39, 0.29) is 5.41 Å². The van der Waals surface area contributed by atoms with Gasteiger partial charge < -0.3 is 4.74 Å². The van der Waals surface area contributed by atoms with E-state index in [1.165, 1.54) is 31.3 Å². The molecule has 24 heavy (non-hydrogen) atoms. The van der Waals surface area contributed by atoms with Crippen molar-refractivity contribution >= 4 is 43.1 Å². The molecule has 5 rings (SSSR count). The molecule has 0 saturated heterocycles. The first-order valence-corrected chi connectivity index (χ1v) is 9.18. The zero-order valence-corrected chi connectivity index (χ0v) is 15.0. The predicted octanol–water partition coefficient (Wildman–Crippen LogP) is 7.14. The van der Waals surface area contributed by atoms with Crippen LogP contribution in [0.3, 0.4) is 0 Å². The van der Waals surface area contributed by atoms with E-state index >= 15 is 0 Å². The van der Waals surface area contributed by atoms with E-state index < -0.39 is 0 Å². The van der Waals surface area contributed by atoms with Gasteiger partial charge in [0, 0.05) is 41.7 Å². The van der Waals surface area contributed by atoms with Crippen LogP contribution in [-0.2, 0) is 5.41 Å². The monoisotopic (exact) mass is 350 g/mol. The number of halogens is 1. The highest BCUT2D eigenvalue weighted by Crippen LogP contribution is 2.53. The van der Waals surface area contributed by atoms with Crippen molar-refractivity contribution in [1.82, 2.24) is 0 Å². The first-order valence-electron chi connectivity index (χ1n) is 7.98. The Morgan fingerprint density at radius 2 is 1.71 bits per heavy atom. The average molecular weight is 351 g/mol. The van der Waals surface area contributed by atoms with Gasteiger partial charge in [0.2, 0.25) is 0 Å². The van der Waals surface area contributed by atoms with Gasteiger partial charge in [-0.15, -0.1) is 11.3 Å². The standard InChI is InChI=1S/C21H15ClOS/c1-21(2)14-8-7-12(22)11-16(14)23-20-15(21)9-10-18-19(20)13-5-3-4-6-17(13)24-18/h3-11H,1-2H3. The molecule has 2 heterocycles. The van der Waals surface area contributed by atoms with Gasteiger partial charge >= 0.3 is 0 Å². The SMILES string of the molecule is CC1(C)c2ccc(Cl)cc2Oc2c1ccc1sc3ccccc3c21. The molecule has 1 nitrogen and oxygen atoms in total. The molecule has 1 aromatic heterocycles. The zero-order chi connectivity index (χ0) is 16.5. The average Bonchev–Trinajstić information content (AvgIpc) is 2.93. The summed E-state index contributed by atoms with van der Waals surface area (Å²) in [5.74, 6) is 1.84. The van der Waals surface area contributed by atoms with Crippen LogP contribution in [0.25, 0.3) is 20.2 Å². The fourth-order valence-electron chi connectivity index (χ4n) is 3.74. The van der Waals surface area contributed by atoms with Gasteiger partial charge in [-0.05, 0) is 24.3 Å². The summed E-state index contributed by atoms with van der Waals surface area (Å²) in [5.41, 5.74) is 2.29. The van der Waals surface area contributed by atoms with Crippen molar-refractivity contribution in [2.45, 2.75) is 19.3 Å². The van der Waals surface area contributed by atoms with Gasteiger partial charge in [0.1, 0.15) is 11.5 Å². The van der Waals surface area contributed by atoms with Crippen molar-refractivity contribution in [3.8, 4) is 11.5 Å². The number of thiophene rings is 1. The summed E-state index contributed by atoms with van der Waals surface area (Å²) >= 11 is 8.02. The topological polar surface area (TPSA) is 9.23 Å². The molecule has 0 radical (unpaired) electrons. The number of hydrogen-bond donors (Lipinski definition) is 0. The highest BCUT2D eigenvalue weighted by molar-refractivity contribution is 7.25. The summed E-state index contributed by atoms with van der Waals surface area (Å²) in [6.07, 6.45) is 0. The van der Waals surface area contributed by atoms with Crippen molar-refractivity contribution in [1.29, 1.82) is 0 Å². The molecule has 0 amide bonds. The lowest BCUT2D eigenvalue weighted by Gasteiger charge is -2.35. The van der Waals surface area contributed by atoms with E-state index in [4.69, 9.17) is 16.3 Å². The second-order valence-corrected chi connectivity index (χ2v) is 8.30. The van der Waals surface area contributed by atoms with Crippen molar-refractivity contribution < 1.29 is 4.74 Å². The van der Waals surface area contributed by atoms with E-state index in [9.17, 15) is 0 Å². The van der Waals surface area contributed by atoms with Gasteiger partial charge in [0.25, 0.3) is 0 Å². The van der Waals surface area contributed by atoms with Crippen LogP contribution in [0.2, 0.25) is 5.02 Å².